The minimum atomic E-state index is -0.297. The molecule has 0 saturated heterocycles. The van der Waals surface area contributed by atoms with Crippen LogP contribution in [0.5, 0.6) is 0 Å². The van der Waals surface area contributed by atoms with Crippen molar-refractivity contribution in [3.05, 3.63) is 108 Å². The molecular formula is C27H24P2. The van der Waals surface area contributed by atoms with Gasteiger partial charge in [0.15, 0.2) is 0 Å². The molecule has 0 fully saturated rings. The second kappa shape index (κ2) is 7.87. The largest absolute Gasteiger partial charge is 0.0620 e. The van der Waals surface area contributed by atoms with E-state index in [1.165, 1.54) is 44.8 Å². The fraction of sp³-hybridized carbons (Fsp3) is 0.111. The predicted molar refractivity (Wildman–Crippen MR) is 131 cm³/mol. The molecule has 0 radical (unpaired) electrons. The van der Waals surface area contributed by atoms with E-state index in [4.69, 9.17) is 0 Å². The number of benzene rings is 4. The molecule has 2 heteroatoms. The van der Waals surface area contributed by atoms with E-state index in [1.54, 1.807) is 5.30 Å². The molecule has 4 aromatic carbocycles. The molecule has 2 unspecified atom stereocenters. The molecule has 142 valence electrons. The third-order valence-corrected chi connectivity index (χ3v) is 13.1. The number of hydrogen-bond donors (Lipinski definition) is 0. The summed E-state index contributed by atoms with van der Waals surface area (Å²) in [5, 5.41) is 3.12. The van der Waals surface area contributed by atoms with E-state index < -0.39 is 0 Å². The van der Waals surface area contributed by atoms with E-state index >= 15 is 0 Å². The molecule has 0 N–H and O–H groups in total. The van der Waals surface area contributed by atoms with Crippen molar-refractivity contribution in [3.63, 3.8) is 0 Å². The fourth-order valence-electron chi connectivity index (χ4n) is 4.35. The Balaban J connectivity index is 1.63. The van der Waals surface area contributed by atoms with Crippen LogP contribution in [-0.4, -0.2) is 6.66 Å². The second-order valence-corrected chi connectivity index (χ2v) is 14.0. The van der Waals surface area contributed by atoms with Crippen molar-refractivity contribution in [2.24, 2.45) is 0 Å². The Morgan fingerprint density at radius 1 is 0.621 bits per heavy atom. The molecule has 0 bridgehead atoms. The zero-order valence-electron chi connectivity index (χ0n) is 16.8. The van der Waals surface area contributed by atoms with Crippen LogP contribution in [0.25, 0.3) is 22.3 Å². The number of fused-ring (bicyclic) bond motifs is 3. The van der Waals surface area contributed by atoms with Crippen LogP contribution in [0, 0.1) is 6.92 Å². The molecular weight excluding hydrogens is 386 g/mol. The topological polar surface area (TPSA) is 0 Å². The maximum Gasteiger partial charge on any atom is 0.00151 e. The molecule has 0 saturated carbocycles. The van der Waals surface area contributed by atoms with Crippen molar-refractivity contribution in [1.29, 1.82) is 0 Å². The van der Waals surface area contributed by atoms with E-state index in [9.17, 15) is 0 Å². The molecule has 0 aromatic heterocycles. The van der Waals surface area contributed by atoms with Crippen LogP contribution < -0.4 is 10.6 Å². The van der Waals surface area contributed by atoms with Gasteiger partial charge in [-0.25, -0.2) is 0 Å². The highest BCUT2D eigenvalue weighted by Crippen LogP contribution is 2.70. The SMILES string of the molecule is Cc1ccccc1-c1ccccc1P(C)P1Cc2ccccc2-c2ccccc21. The van der Waals surface area contributed by atoms with Gasteiger partial charge in [0, 0.05) is 6.16 Å². The highest BCUT2D eigenvalue weighted by atomic mass is 32.1. The zero-order chi connectivity index (χ0) is 19.8. The van der Waals surface area contributed by atoms with Crippen molar-refractivity contribution in [3.8, 4) is 22.3 Å². The van der Waals surface area contributed by atoms with Crippen molar-refractivity contribution in [2.45, 2.75) is 13.1 Å². The second-order valence-electron chi connectivity index (χ2n) is 7.59. The molecule has 2 atom stereocenters. The van der Waals surface area contributed by atoms with Gasteiger partial charge in [-0.15, -0.1) is 0 Å². The van der Waals surface area contributed by atoms with Gasteiger partial charge in [0.1, 0.15) is 0 Å². The van der Waals surface area contributed by atoms with Crippen LogP contribution >= 0.6 is 15.2 Å². The van der Waals surface area contributed by atoms with Crippen molar-refractivity contribution in [1.82, 2.24) is 0 Å². The average molecular weight is 410 g/mol. The molecule has 0 spiro atoms. The minimum absolute atomic E-state index is 0.263. The first-order chi connectivity index (χ1) is 14.2. The lowest BCUT2D eigenvalue weighted by Crippen LogP contribution is -2.15. The molecule has 0 amide bonds. The molecule has 1 heterocycles. The maximum atomic E-state index is 2.50. The van der Waals surface area contributed by atoms with Crippen LogP contribution in [0.2, 0.25) is 0 Å². The van der Waals surface area contributed by atoms with E-state index in [0.29, 0.717) is 0 Å². The van der Waals surface area contributed by atoms with E-state index in [-0.39, 0.29) is 15.2 Å². The molecule has 4 aromatic rings. The molecule has 0 nitrogen and oxygen atoms in total. The van der Waals surface area contributed by atoms with Gasteiger partial charge >= 0.3 is 0 Å². The van der Waals surface area contributed by atoms with Crippen LogP contribution in [0.15, 0.2) is 97.1 Å². The Kier molecular flexibility index (Phi) is 5.09. The lowest BCUT2D eigenvalue weighted by atomic mass is 10.0. The van der Waals surface area contributed by atoms with Gasteiger partial charge in [0.2, 0.25) is 0 Å². The summed E-state index contributed by atoms with van der Waals surface area (Å²) in [6.45, 7) is 4.73. The average Bonchev–Trinajstić information content (AvgIpc) is 2.78. The van der Waals surface area contributed by atoms with Crippen LogP contribution in [0.3, 0.4) is 0 Å². The quantitative estimate of drug-likeness (QED) is 0.311. The summed E-state index contributed by atoms with van der Waals surface area (Å²) in [7, 11) is -0.560. The number of aryl methyl sites for hydroxylation is 1. The van der Waals surface area contributed by atoms with Gasteiger partial charge in [-0.1, -0.05) is 97.1 Å². The summed E-state index contributed by atoms with van der Waals surface area (Å²) < 4.78 is 0. The number of rotatable bonds is 3. The summed E-state index contributed by atoms with van der Waals surface area (Å²) in [5.41, 5.74) is 8.53. The number of hydrogen-bond acceptors (Lipinski definition) is 0. The first-order valence-electron chi connectivity index (χ1n) is 10.1. The van der Waals surface area contributed by atoms with Gasteiger partial charge in [0.25, 0.3) is 0 Å². The third-order valence-electron chi connectivity index (χ3n) is 5.86. The van der Waals surface area contributed by atoms with Crippen molar-refractivity contribution in [2.75, 3.05) is 6.66 Å². The molecule has 5 rings (SSSR count). The van der Waals surface area contributed by atoms with Crippen molar-refractivity contribution >= 4 is 25.8 Å². The van der Waals surface area contributed by atoms with Crippen molar-refractivity contribution < 1.29 is 0 Å². The van der Waals surface area contributed by atoms with Gasteiger partial charge in [-0.05, 0) is 72.8 Å². The maximum absolute atomic E-state index is 2.50. The summed E-state index contributed by atoms with van der Waals surface area (Å²) in [6.07, 6.45) is 1.19. The summed E-state index contributed by atoms with van der Waals surface area (Å²) >= 11 is 0. The van der Waals surface area contributed by atoms with E-state index in [0.717, 1.165) is 0 Å². The minimum Gasteiger partial charge on any atom is -0.0620 e. The Morgan fingerprint density at radius 2 is 1.21 bits per heavy atom. The summed E-state index contributed by atoms with van der Waals surface area (Å²) in [5.74, 6) is 0. The smallest absolute Gasteiger partial charge is 0.00151 e. The van der Waals surface area contributed by atoms with Gasteiger partial charge < -0.3 is 0 Å². The normalized spacial score (nSPS) is 16.0. The van der Waals surface area contributed by atoms with Crippen LogP contribution in [0.4, 0.5) is 0 Å². The van der Waals surface area contributed by atoms with Crippen LogP contribution in [-0.2, 0) is 6.16 Å². The van der Waals surface area contributed by atoms with E-state index in [1.807, 2.05) is 0 Å². The summed E-state index contributed by atoms with van der Waals surface area (Å²) in [6, 6.07) is 36.0. The Labute approximate surface area is 176 Å². The highest BCUT2D eigenvalue weighted by Gasteiger charge is 2.29. The van der Waals surface area contributed by atoms with Crippen LogP contribution in [0.1, 0.15) is 11.1 Å². The molecule has 0 aliphatic carbocycles. The first-order valence-corrected chi connectivity index (χ1v) is 14.1. The molecule has 29 heavy (non-hydrogen) atoms. The van der Waals surface area contributed by atoms with Gasteiger partial charge in [0.05, 0.1) is 0 Å². The zero-order valence-corrected chi connectivity index (χ0v) is 18.6. The fourth-order valence-corrected chi connectivity index (χ4v) is 11.4. The Hall–Kier alpha value is -2.26. The molecule has 1 aliphatic heterocycles. The molecule has 1 aliphatic rings. The monoisotopic (exact) mass is 410 g/mol. The first kappa shape index (κ1) is 18.7. The predicted octanol–water partition coefficient (Wildman–Crippen LogP) is 7.30. The lowest BCUT2D eigenvalue weighted by molar-refractivity contribution is 1.39. The lowest BCUT2D eigenvalue weighted by Gasteiger charge is -2.33. The standard InChI is InChI=1S/C27H24P2/c1-20-11-3-5-13-22(20)24-15-7-9-17-26(24)28(2)29-19-21-12-4-6-14-23(21)25-16-8-10-18-27(25)29/h3-18H,19H2,1-2H3. The Morgan fingerprint density at radius 3 is 2.00 bits per heavy atom. The van der Waals surface area contributed by atoms with Gasteiger partial charge in [-0.2, -0.15) is 0 Å². The van der Waals surface area contributed by atoms with E-state index in [2.05, 4.69) is 111 Å². The highest BCUT2D eigenvalue weighted by molar-refractivity contribution is 8.35. The summed E-state index contributed by atoms with van der Waals surface area (Å²) in [4.78, 5) is 0. The Bertz CT molecular complexity index is 1180. The van der Waals surface area contributed by atoms with Gasteiger partial charge in [-0.3, -0.25) is 0 Å². The third kappa shape index (κ3) is 3.36.